The van der Waals surface area contributed by atoms with Gasteiger partial charge in [-0.05, 0) is 33.6 Å². The molecule has 0 spiro atoms. The van der Waals surface area contributed by atoms with Crippen molar-refractivity contribution in [2.45, 2.75) is 45.7 Å². The lowest BCUT2D eigenvalue weighted by Crippen LogP contribution is -2.52. The van der Waals surface area contributed by atoms with Crippen molar-refractivity contribution < 1.29 is 0 Å². The topological polar surface area (TPSA) is 15.3 Å². The summed E-state index contributed by atoms with van der Waals surface area (Å²) in [7, 11) is 0. The Kier molecular flexibility index (Phi) is 1.78. The Morgan fingerprint density at radius 1 is 1.33 bits per heavy atom. The zero-order valence-corrected chi connectivity index (χ0v) is 8.22. The van der Waals surface area contributed by atoms with Crippen molar-refractivity contribution >= 4 is 0 Å². The average Bonchev–Trinajstić information content (AvgIpc) is 2.06. The summed E-state index contributed by atoms with van der Waals surface area (Å²) in [6.07, 6.45) is 2.67. The molecule has 1 saturated heterocycles. The normalized spacial score (nSPS) is 35.1. The van der Waals surface area contributed by atoms with Crippen LogP contribution in [0.2, 0.25) is 0 Å². The third-order valence-electron chi connectivity index (χ3n) is 3.28. The fourth-order valence-corrected chi connectivity index (χ4v) is 2.32. The second-order valence-electron chi connectivity index (χ2n) is 4.13. The number of allylic oxidation sites excluding steroid dienone is 2. The Balaban J connectivity index is 2.26. The first-order valence-electron chi connectivity index (χ1n) is 4.89. The van der Waals surface area contributed by atoms with Crippen LogP contribution < -0.4 is 5.32 Å². The summed E-state index contributed by atoms with van der Waals surface area (Å²) in [6.45, 7) is 7.95. The molecule has 2 rings (SSSR count). The van der Waals surface area contributed by atoms with Gasteiger partial charge in [-0.3, -0.25) is 0 Å². The van der Waals surface area contributed by atoms with Gasteiger partial charge in [-0.2, -0.15) is 0 Å². The standard InChI is InChI=1S/C10H18N2/c1-7-4-5-10-6-12(7)9(3)8(2)11-10/h7,10-11H,4-6H2,1-3H3. The van der Waals surface area contributed by atoms with Crippen LogP contribution in [-0.4, -0.2) is 23.5 Å². The summed E-state index contributed by atoms with van der Waals surface area (Å²) in [4.78, 5) is 2.54. The van der Waals surface area contributed by atoms with Gasteiger partial charge in [0.25, 0.3) is 0 Å². The minimum atomic E-state index is 0.713. The number of hydrogen-bond donors (Lipinski definition) is 1. The van der Waals surface area contributed by atoms with E-state index in [4.69, 9.17) is 0 Å². The van der Waals surface area contributed by atoms with Crippen molar-refractivity contribution in [1.29, 1.82) is 0 Å². The molecular formula is C10H18N2. The molecule has 0 aliphatic carbocycles. The number of hydrogen-bond acceptors (Lipinski definition) is 2. The van der Waals surface area contributed by atoms with Gasteiger partial charge in [0.1, 0.15) is 0 Å². The van der Waals surface area contributed by atoms with Crippen LogP contribution in [0.25, 0.3) is 0 Å². The second-order valence-corrected chi connectivity index (χ2v) is 4.13. The lowest BCUT2D eigenvalue weighted by molar-refractivity contribution is 0.157. The van der Waals surface area contributed by atoms with E-state index in [1.807, 2.05) is 0 Å². The molecule has 2 aliphatic heterocycles. The third-order valence-corrected chi connectivity index (χ3v) is 3.28. The molecule has 0 radical (unpaired) electrons. The summed E-state index contributed by atoms with van der Waals surface area (Å²) in [5.74, 6) is 0. The van der Waals surface area contributed by atoms with E-state index >= 15 is 0 Å². The summed E-state index contributed by atoms with van der Waals surface area (Å²) < 4.78 is 0. The lowest BCUT2D eigenvalue weighted by Gasteiger charge is -2.45. The molecule has 2 heteroatoms. The number of fused-ring (bicyclic) bond motifs is 2. The molecule has 2 bridgehead atoms. The molecule has 2 nitrogen and oxygen atoms in total. The van der Waals surface area contributed by atoms with Gasteiger partial charge in [0.05, 0.1) is 0 Å². The molecule has 2 aliphatic rings. The van der Waals surface area contributed by atoms with Crippen LogP contribution >= 0.6 is 0 Å². The van der Waals surface area contributed by atoms with E-state index in [1.54, 1.807) is 0 Å². The van der Waals surface area contributed by atoms with E-state index in [0.717, 1.165) is 6.04 Å². The highest BCUT2D eigenvalue weighted by Crippen LogP contribution is 2.26. The fraction of sp³-hybridized carbons (Fsp3) is 0.800. The van der Waals surface area contributed by atoms with Crippen molar-refractivity contribution in [3.63, 3.8) is 0 Å². The lowest BCUT2D eigenvalue weighted by atomic mass is 9.96. The van der Waals surface area contributed by atoms with Gasteiger partial charge in [-0.1, -0.05) is 0 Å². The van der Waals surface area contributed by atoms with Crippen molar-refractivity contribution in [2.24, 2.45) is 0 Å². The van der Waals surface area contributed by atoms with Crippen molar-refractivity contribution in [3.05, 3.63) is 11.4 Å². The van der Waals surface area contributed by atoms with Gasteiger partial charge in [0.15, 0.2) is 0 Å². The largest absolute Gasteiger partial charge is 0.383 e. The van der Waals surface area contributed by atoms with Gasteiger partial charge in [-0.15, -0.1) is 0 Å². The van der Waals surface area contributed by atoms with E-state index in [1.165, 1.54) is 30.8 Å². The quantitative estimate of drug-likeness (QED) is 0.589. The Morgan fingerprint density at radius 3 is 2.83 bits per heavy atom. The van der Waals surface area contributed by atoms with Gasteiger partial charge in [0.2, 0.25) is 0 Å². The first kappa shape index (κ1) is 7.96. The van der Waals surface area contributed by atoms with E-state index < -0.39 is 0 Å². The molecule has 1 N–H and O–H groups in total. The highest BCUT2D eigenvalue weighted by atomic mass is 15.2. The van der Waals surface area contributed by atoms with Crippen LogP contribution in [0.1, 0.15) is 33.6 Å². The van der Waals surface area contributed by atoms with E-state index in [9.17, 15) is 0 Å². The minimum Gasteiger partial charge on any atom is -0.383 e. The molecule has 0 saturated carbocycles. The van der Waals surface area contributed by atoms with Crippen LogP contribution in [0, 0.1) is 0 Å². The third kappa shape index (κ3) is 1.10. The molecule has 0 amide bonds. The summed E-state index contributed by atoms with van der Waals surface area (Å²) >= 11 is 0. The number of piperidine rings is 1. The minimum absolute atomic E-state index is 0.713. The highest BCUT2D eigenvalue weighted by molar-refractivity contribution is 5.15. The van der Waals surface area contributed by atoms with Gasteiger partial charge >= 0.3 is 0 Å². The maximum atomic E-state index is 3.56. The van der Waals surface area contributed by atoms with Gasteiger partial charge in [0, 0.05) is 30.0 Å². The molecule has 1 fully saturated rings. The average molecular weight is 166 g/mol. The number of nitrogens with one attached hydrogen (secondary N) is 1. The summed E-state index contributed by atoms with van der Waals surface area (Å²) in [6, 6.07) is 1.46. The van der Waals surface area contributed by atoms with E-state index in [2.05, 4.69) is 31.0 Å². The second kappa shape index (κ2) is 2.68. The zero-order valence-electron chi connectivity index (χ0n) is 8.22. The molecule has 0 aromatic carbocycles. The van der Waals surface area contributed by atoms with Crippen LogP contribution in [0.3, 0.4) is 0 Å². The Hall–Kier alpha value is -0.660. The molecule has 2 atom stereocenters. The highest BCUT2D eigenvalue weighted by Gasteiger charge is 2.29. The van der Waals surface area contributed by atoms with Crippen molar-refractivity contribution in [2.75, 3.05) is 6.54 Å². The van der Waals surface area contributed by atoms with Gasteiger partial charge < -0.3 is 10.2 Å². The van der Waals surface area contributed by atoms with E-state index in [-0.39, 0.29) is 0 Å². The SMILES string of the molecule is CC1=C(C)N2CC(CCC2C)N1. The Bertz CT molecular complexity index is 220. The maximum absolute atomic E-state index is 3.56. The summed E-state index contributed by atoms with van der Waals surface area (Å²) in [5.41, 5.74) is 2.82. The molecule has 12 heavy (non-hydrogen) atoms. The van der Waals surface area contributed by atoms with Crippen LogP contribution in [0.5, 0.6) is 0 Å². The maximum Gasteiger partial charge on any atom is 0.0434 e. The van der Waals surface area contributed by atoms with Crippen LogP contribution in [0.4, 0.5) is 0 Å². The smallest absolute Gasteiger partial charge is 0.0434 e. The van der Waals surface area contributed by atoms with Gasteiger partial charge in [-0.25, -0.2) is 0 Å². The first-order valence-corrected chi connectivity index (χ1v) is 4.89. The predicted octanol–water partition coefficient (Wildman–Crippen LogP) is 1.69. The molecule has 2 heterocycles. The van der Waals surface area contributed by atoms with Crippen molar-refractivity contribution in [3.8, 4) is 0 Å². The predicted molar refractivity (Wildman–Crippen MR) is 50.7 cm³/mol. The first-order chi connectivity index (χ1) is 5.68. The van der Waals surface area contributed by atoms with Crippen LogP contribution in [0.15, 0.2) is 11.4 Å². The van der Waals surface area contributed by atoms with Crippen molar-refractivity contribution in [1.82, 2.24) is 10.2 Å². The Labute approximate surface area is 74.6 Å². The molecule has 68 valence electrons. The monoisotopic (exact) mass is 166 g/mol. The van der Waals surface area contributed by atoms with Crippen LogP contribution in [-0.2, 0) is 0 Å². The zero-order chi connectivity index (χ0) is 8.72. The fourth-order valence-electron chi connectivity index (χ4n) is 2.32. The molecule has 0 aromatic rings. The number of rotatable bonds is 0. The molecular weight excluding hydrogens is 148 g/mol. The molecule has 0 aromatic heterocycles. The van der Waals surface area contributed by atoms with E-state index in [0.29, 0.717) is 6.04 Å². The molecule has 2 unspecified atom stereocenters. The summed E-state index contributed by atoms with van der Waals surface area (Å²) in [5, 5.41) is 3.56. The Morgan fingerprint density at radius 2 is 2.08 bits per heavy atom. The number of nitrogens with zero attached hydrogens (tertiary/aromatic N) is 1.